The number of benzene rings is 1. The van der Waals surface area contributed by atoms with Gasteiger partial charge in [0.25, 0.3) is 0 Å². The standard InChI is InChI=1S/C17H18F3N3O/c18-17(19,20)14-5-1-3-12(9-14)16(24)13-4-2-8-23(10-13)11-15-6-7-21-22-15/h1,3,5-7,9,13H,2,4,8,10-11H2,(H,21,22)/t13-/m1/s1. The third kappa shape index (κ3) is 3.84. The van der Waals surface area contributed by atoms with E-state index in [-0.39, 0.29) is 17.3 Å². The number of likely N-dealkylation sites (tertiary alicyclic amines) is 1. The first-order chi connectivity index (χ1) is 11.4. The number of aromatic amines is 1. The Hall–Kier alpha value is -2.15. The van der Waals surface area contributed by atoms with Gasteiger partial charge in [0.05, 0.1) is 5.56 Å². The van der Waals surface area contributed by atoms with Crippen LogP contribution in [0.25, 0.3) is 0 Å². The molecule has 0 spiro atoms. The Kier molecular flexibility index (Phi) is 4.71. The minimum atomic E-state index is -4.44. The molecule has 24 heavy (non-hydrogen) atoms. The third-order valence-corrected chi connectivity index (χ3v) is 4.30. The monoisotopic (exact) mass is 337 g/mol. The molecule has 0 aliphatic carbocycles. The largest absolute Gasteiger partial charge is 0.416 e. The molecule has 2 heterocycles. The van der Waals surface area contributed by atoms with Crippen LogP contribution in [0, 0.1) is 5.92 Å². The number of carbonyl (C=O) groups excluding carboxylic acids is 1. The number of nitrogens with zero attached hydrogens (tertiary/aromatic N) is 2. The number of piperidine rings is 1. The van der Waals surface area contributed by atoms with Crippen molar-refractivity contribution in [3.8, 4) is 0 Å². The van der Waals surface area contributed by atoms with Gasteiger partial charge in [-0.15, -0.1) is 0 Å². The van der Waals surface area contributed by atoms with Gasteiger partial charge in [-0.05, 0) is 37.6 Å². The molecule has 7 heteroatoms. The Balaban J connectivity index is 1.70. The minimum absolute atomic E-state index is 0.137. The van der Waals surface area contributed by atoms with Crippen LogP contribution in [0.5, 0.6) is 0 Å². The SMILES string of the molecule is O=C(c1cccc(C(F)(F)F)c1)[C@@H]1CCCN(Cc2ccn[nH]2)C1. The molecule has 1 aliphatic heterocycles. The van der Waals surface area contributed by atoms with E-state index < -0.39 is 11.7 Å². The predicted molar refractivity (Wildman–Crippen MR) is 82.4 cm³/mol. The van der Waals surface area contributed by atoms with Crippen LogP contribution in [0.4, 0.5) is 13.2 Å². The van der Waals surface area contributed by atoms with E-state index >= 15 is 0 Å². The van der Waals surface area contributed by atoms with Crippen molar-refractivity contribution in [2.75, 3.05) is 13.1 Å². The highest BCUT2D eigenvalue weighted by atomic mass is 19.4. The molecule has 0 bridgehead atoms. The Morgan fingerprint density at radius 1 is 1.33 bits per heavy atom. The zero-order valence-corrected chi connectivity index (χ0v) is 13.0. The number of Topliss-reactive ketones (excluding diaryl/α,β-unsaturated/α-hetero) is 1. The number of ketones is 1. The summed E-state index contributed by atoms with van der Waals surface area (Å²) < 4.78 is 38.5. The molecule has 2 aromatic rings. The second-order valence-corrected chi connectivity index (χ2v) is 6.10. The van der Waals surface area contributed by atoms with Crippen molar-refractivity contribution in [2.24, 2.45) is 5.92 Å². The first-order valence-corrected chi connectivity index (χ1v) is 7.85. The molecule has 3 rings (SSSR count). The van der Waals surface area contributed by atoms with Crippen molar-refractivity contribution in [1.82, 2.24) is 15.1 Å². The summed E-state index contributed by atoms with van der Waals surface area (Å²) in [6.07, 6.45) is -1.21. The van der Waals surface area contributed by atoms with E-state index in [9.17, 15) is 18.0 Å². The summed E-state index contributed by atoms with van der Waals surface area (Å²) in [5.41, 5.74) is 0.318. The van der Waals surface area contributed by atoms with Gasteiger partial charge in [-0.3, -0.25) is 14.8 Å². The van der Waals surface area contributed by atoms with E-state index in [1.165, 1.54) is 12.1 Å². The highest BCUT2D eigenvalue weighted by Crippen LogP contribution is 2.30. The molecule has 0 amide bonds. The number of nitrogens with one attached hydrogen (secondary N) is 1. The lowest BCUT2D eigenvalue weighted by atomic mass is 9.89. The molecule has 1 atom stereocenters. The zero-order chi connectivity index (χ0) is 17.2. The lowest BCUT2D eigenvalue weighted by molar-refractivity contribution is -0.137. The van der Waals surface area contributed by atoms with Crippen LogP contribution in [0.15, 0.2) is 36.5 Å². The third-order valence-electron chi connectivity index (χ3n) is 4.30. The summed E-state index contributed by atoms with van der Waals surface area (Å²) >= 11 is 0. The van der Waals surface area contributed by atoms with E-state index in [1.54, 1.807) is 6.20 Å². The highest BCUT2D eigenvalue weighted by Gasteiger charge is 2.32. The summed E-state index contributed by atoms with van der Waals surface area (Å²) in [5, 5.41) is 6.78. The second-order valence-electron chi connectivity index (χ2n) is 6.10. The maximum atomic E-state index is 12.8. The molecular formula is C17H18F3N3O. The average Bonchev–Trinajstić information content (AvgIpc) is 3.07. The van der Waals surface area contributed by atoms with Gasteiger partial charge < -0.3 is 0 Å². The quantitative estimate of drug-likeness (QED) is 0.869. The van der Waals surface area contributed by atoms with Crippen molar-refractivity contribution in [1.29, 1.82) is 0 Å². The Labute approximate surface area is 137 Å². The molecule has 1 aromatic heterocycles. The fourth-order valence-corrected chi connectivity index (χ4v) is 3.11. The molecule has 4 nitrogen and oxygen atoms in total. The summed E-state index contributed by atoms with van der Waals surface area (Å²) in [7, 11) is 0. The fraction of sp³-hybridized carbons (Fsp3) is 0.412. The Bertz CT molecular complexity index is 697. The zero-order valence-electron chi connectivity index (χ0n) is 13.0. The molecule has 1 N–H and O–H groups in total. The van der Waals surface area contributed by atoms with E-state index in [0.29, 0.717) is 19.5 Å². The molecule has 128 valence electrons. The normalized spacial score (nSPS) is 19.4. The summed E-state index contributed by atoms with van der Waals surface area (Å²) in [6.45, 7) is 2.08. The molecule has 0 radical (unpaired) electrons. The number of carbonyl (C=O) groups is 1. The van der Waals surface area contributed by atoms with Crippen molar-refractivity contribution >= 4 is 5.78 Å². The number of hydrogen-bond acceptors (Lipinski definition) is 3. The maximum absolute atomic E-state index is 12.8. The molecule has 1 aromatic carbocycles. The molecule has 0 unspecified atom stereocenters. The molecule has 0 saturated carbocycles. The minimum Gasteiger partial charge on any atom is -0.297 e. The van der Waals surface area contributed by atoms with Crippen LogP contribution in [0.2, 0.25) is 0 Å². The lowest BCUT2D eigenvalue weighted by Gasteiger charge is -2.31. The number of hydrogen-bond donors (Lipinski definition) is 1. The Morgan fingerprint density at radius 3 is 2.88 bits per heavy atom. The van der Waals surface area contributed by atoms with E-state index in [1.807, 2.05) is 6.07 Å². The van der Waals surface area contributed by atoms with Gasteiger partial charge in [0.15, 0.2) is 5.78 Å². The van der Waals surface area contributed by atoms with Crippen LogP contribution < -0.4 is 0 Å². The van der Waals surface area contributed by atoms with Gasteiger partial charge in [-0.2, -0.15) is 18.3 Å². The molecule has 1 fully saturated rings. The van der Waals surface area contributed by atoms with Crippen LogP contribution in [-0.2, 0) is 12.7 Å². The average molecular weight is 337 g/mol. The van der Waals surface area contributed by atoms with Crippen LogP contribution >= 0.6 is 0 Å². The van der Waals surface area contributed by atoms with Gasteiger partial charge in [0.1, 0.15) is 0 Å². The van der Waals surface area contributed by atoms with Gasteiger partial charge in [-0.25, -0.2) is 0 Å². The van der Waals surface area contributed by atoms with Crippen molar-refractivity contribution < 1.29 is 18.0 Å². The van der Waals surface area contributed by atoms with Gasteiger partial charge >= 0.3 is 6.18 Å². The van der Waals surface area contributed by atoms with Gasteiger partial charge in [0, 0.05) is 36.5 Å². The molecule has 1 aliphatic rings. The number of rotatable bonds is 4. The maximum Gasteiger partial charge on any atom is 0.416 e. The second kappa shape index (κ2) is 6.76. The first-order valence-electron chi connectivity index (χ1n) is 7.85. The van der Waals surface area contributed by atoms with E-state index in [4.69, 9.17) is 0 Å². The summed E-state index contributed by atoms with van der Waals surface area (Å²) in [4.78, 5) is 14.7. The number of alkyl halides is 3. The fourth-order valence-electron chi connectivity index (χ4n) is 3.11. The first kappa shape index (κ1) is 16.7. The van der Waals surface area contributed by atoms with Crippen molar-refractivity contribution in [3.05, 3.63) is 53.3 Å². The molecular weight excluding hydrogens is 319 g/mol. The van der Waals surface area contributed by atoms with Gasteiger partial charge in [-0.1, -0.05) is 12.1 Å². The number of H-pyrrole nitrogens is 1. The summed E-state index contributed by atoms with van der Waals surface area (Å²) in [5.74, 6) is -0.486. The topological polar surface area (TPSA) is 49.0 Å². The van der Waals surface area contributed by atoms with E-state index in [2.05, 4.69) is 15.1 Å². The number of halogens is 3. The lowest BCUT2D eigenvalue weighted by Crippen LogP contribution is -2.38. The van der Waals surface area contributed by atoms with E-state index in [0.717, 1.165) is 30.8 Å². The number of aromatic nitrogens is 2. The van der Waals surface area contributed by atoms with Crippen molar-refractivity contribution in [3.63, 3.8) is 0 Å². The van der Waals surface area contributed by atoms with Crippen LogP contribution in [0.1, 0.15) is 34.5 Å². The smallest absolute Gasteiger partial charge is 0.297 e. The van der Waals surface area contributed by atoms with Crippen LogP contribution in [-0.4, -0.2) is 34.0 Å². The van der Waals surface area contributed by atoms with Crippen molar-refractivity contribution in [2.45, 2.75) is 25.6 Å². The highest BCUT2D eigenvalue weighted by molar-refractivity contribution is 5.98. The van der Waals surface area contributed by atoms with Gasteiger partial charge in [0.2, 0.25) is 0 Å². The Morgan fingerprint density at radius 2 is 2.17 bits per heavy atom. The summed E-state index contributed by atoms with van der Waals surface area (Å²) in [6, 6.07) is 6.57. The van der Waals surface area contributed by atoms with Crippen LogP contribution in [0.3, 0.4) is 0 Å². The predicted octanol–water partition coefficient (Wildman–Crippen LogP) is 3.52. The molecule has 1 saturated heterocycles.